The topological polar surface area (TPSA) is 82.1 Å². The molecule has 0 aromatic carbocycles. The smallest absolute Gasteiger partial charge is 0.228 e. The van der Waals surface area contributed by atoms with Crippen molar-refractivity contribution in [3.8, 4) is 0 Å². The normalized spacial score (nSPS) is 28.6. The molecule has 0 bridgehead atoms. The number of nitrogens with zero attached hydrogens (tertiary/aromatic N) is 4. The van der Waals surface area contributed by atoms with Crippen LogP contribution >= 0.6 is 0 Å². The van der Waals surface area contributed by atoms with Gasteiger partial charge in [0, 0.05) is 58.4 Å². The lowest BCUT2D eigenvalue weighted by Gasteiger charge is -2.44. The molecule has 7 heteroatoms. The van der Waals surface area contributed by atoms with Crippen LogP contribution in [0.4, 0.5) is 0 Å². The van der Waals surface area contributed by atoms with Crippen molar-refractivity contribution in [1.29, 1.82) is 0 Å². The maximum Gasteiger partial charge on any atom is 0.228 e. The van der Waals surface area contributed by atoms with E-state index in [0.717, 1.165) is 52.1 Å². The number of hydrogen-bond acceptors (Lipinski definition) is 6. The zero-order valence-corrected chi connectivity index (χ0v) is 12.1. The number of amides is 1. The van der Waals surface area contributed by atoms with E-state index in [9.17, 15) is 4.79 Å². The molecule has 20 heavy (non-hydrogen) atoms. The number of hydrazine groups is 2. The second kappa shape index (κ2) is 5.95. The quantitative estimate of drug-likeness (QED) is 0.586. The van der Waals surface area contributed by atoms with Crippen LogP contribution in [0, 0.1) is 5.92 Å². The number of piperidine rings is 1. The average molecular weight is 282 g/mol. The predicted molar refractivity (Wildman–Crippen MR) is 76.2 cm³/mol. The van der Waals surface area contributed by atoms with Crippen molar-refractivity contribution in [3.63, 3.8) is 0 Å². The third-order valence-electron chi connectivity index (χ3n) is 4.90. The Labute approximate surface area is 120 Å². The minimum absolute atomic E-state index is 0.132. The highest BCUT2D eigenvalue weighted by Gasteiger charge is 2.35. The van der Waals surface area contributed by atoms with Gasteiger partial charge in [-0.3, -0.25) is 21.4 Å². The number of hydrogen-bond donors (Lipinski definition) is 2. The van der Waals surface area contributed by atoms with E-state index in [0.29, 0.717) is 25.0 Å². The molecule has 4 N–H and O–H groups in total. The van der Waals surface area contributed by atoms with E-state index >= 15 is 0 Å². The summed E-state index contributed by atoms with van der Waals surface area (Å²) in [6.07, 6.45) is 2.30. The van der Waals surface area contributed by atoms with Crippen molar-refractivity contribution >= 4 is 5.91 Å². The van der Waals surface area contributed by atoms with Crippen molar-refractivity contribution in [2.45, 2.75) is 18.9 Å². The maximum absolute atomic E-state index is 12.3. The van der Waals surface area contributed by atoms with E-state index < -0.39 is 0 Å². The van der Waals surface area contributed by atoms with Crippen molar-refractivity contribution in [3.05, 3.63) is 0 Å². The summed E-state index contributed by atoms with van der Waals surface area (Å²) in [5.41, 5.74) is 0. The Morgan fingerprint density at radius 3 is 2.00 bits per heavy atom. The van der Waals surface area contributed by atoms with Gasteiger partial charge in [0.25, 0.3) is 0 Å². The first kappa shape index (κ1) is 14.2. The molecule has 0 aromatic rings. The van der Waals surface area contributed by atoms with Gasteiger partial charge in [0.1, 0.15) is 0 Å². The lowest BCUT2D eigenvalue weighted by atomic mass is 9.99. The maximum atomic E-state index is 12.3. The number of carbonyl (C=O) groups excluding carboxylic acids is 1. The van der Waals surface area contributed by atoms with Crippen LogP contribution in [0.1, 0.15) is 12.8 Å². The molecule has 3 aliphatic heterocycles. The van der Waals surface area contributed by atoms with Crippen molar-refractivity contribution in [2.24, 2.45) is 17.6 Å². The minimum Gasteiger partial charge on any atom is -0.340 e. The van der Waals surface area contributed by atoms with Gasteiger partial charge in [-0.2, -0.15) is 0 Å². The molecular formula is C13H26N6O. The number of piperazine rings is 1. The Balaban J connectivity index is 1.44. The highest BCUT2D eigenvalue weighted by molar-refractivity contribution is 5.80. The van der Waals surface area contributed by atoms with Gasteiger partial charge in [-0.25, -0.2) is 10.0 Å². The van der Waals surface area contributed by atoms with Crippen LogP contribution in [0.25, 0.3) is 0 Å². The fourth-order valence-electron chi connectivity index (χ4n) is 3.49. The molecule has 0 unspecified atom stereocenters. The molecule has 0 aromatic heterocycles. The number of nitrogens with two attached hydrogens (primary N) is 2. The van der Waals surface area contributed by atoms with Crippen LogP contribution in [-0.4, -0.2) is 84.1 Å². The summed E-state index contributed by atoms with van der Waals surface area (Å²) in [7, 11) is 0. The molecule has 7 nitrogen and oxygen atoms in total. The summed E-state index contributed by atoms with van der Waals surface area (Å²) in [6.45, 7) is 7.13. The first-order valence-electron chi connectivity index (χ1n) is 7.65. The van der Waals surface area contributed by atoms with E-state index in [1.165, 1.54) is 0 Å². The van der Waals surface area contributed by atoms with Crippen LogP contribution in [0.15, 0.2) is 0 Å². The molecule has 3 rings (SSSR count). The summed E-state index contributed by atoms with van der Waals surface area (Å²) in [4.78, 5) is 16.8. The lowest BCUT2D eigenvalue weighted by Crippen LogP contribution is -2.60. The third kappa shape index (κ3) is 2.96. The third-order valence-corrected chi connectivity index (χ3v) is 4.90. The summed E-state index contributed by atoms with van der Waals surface area (Å²) in [6, 6.07) is 0.648. The molecule has 1 amide bonds. The standard InChI is InChI=1S/C13H26N6O/c14-18-3-1-12(2-4-18)16-5-7-17(8-6-16)13(20)11-9-19(15)10-11/h11-12H,1-10,14-15H2. The molecule has 114 valence electrons. The van der Waals surface area contributed by atoms with E-state index in [4.69, 9.17) is 11.7 Å². The summed E-state index contributed by atoms with van der Waals surface area (Å²) in [5, 5.41) is 3.62. The van der Waals surface area contributed by atoms with E-state index in [2.05, 4.69) is 4.90 Å². The molecule has 0 saturated carbocycles. The predicted octanol–water partition coefficient (Wildman–Crippen LogP) is -1.73. The Bertz CT molecular complexity index is 343. The summed E-state index contributed by atoms with van der Waals surface area (Å²) < 4.78 is 0. The highest BCUT2D eigenvalue weighted by Crippen LogP contribution is 2.19. The molecule has 0 aliphatic carbocycles. The van der Waals surface area contributed by atoms with Gasteiger partial charge in [0.2, 0.25) is 5.91 Å². The SMILES string of the molecule is NN1CCC(N2CCN(C(=O)C3CN(N)C3)CC2)CC1. The second-order valence-electron chi connectivity index (χ2n) is 6.28. The van der Waals surface area contributed by atoms with Crippen molar-refractivity contribution < 1.29 is 4.79 Å². The van der Waals surface area contributed by atoms with Crippen LogP contribution < -0.4 is 11.7 Å². The van der Waals surface area contributed by atoms with Gasteiger partial charge in [0.05, 0.1) is 5.92 Å². The van der Waals surface area contributed by atoms with Crippen LogP contribution in [-0.2, 0) is 4.79 Å². The van der Waals surface area contributed by atoms with Crippen LogP contribution in [0.3, 0.4) is 0 Å². The van der Waals surface area contributed by atoms with E-state index in [-0.39, 0.29) is 5.92 Å². The monoisotopic (exact) mass is 282 g/mol. The van der Waals surface area contributed by atoms with Gasteiger partial charge in [-0.05, 0) is 12.8 Å². The fourth-order valence-corrected chi connectivity index (χ4v) is 3.49. The van der Waals surface area contributed by atoms with Gasteiger partial charge >= 0.3 is 0 Å². The Morgan fingerprint density at radius 2 is 1.45 bits per heavy atom. The Morgan fingerprint density at radius 1 is 0.850 bits per heavy atom. The molecule has 0 atom stereocenters. The molecular weight excluding hydrogens is 256 g/mol. The first-order valence-corrected chi connectivity index (χ1v) is 7.65. The lowest BCUT2D eigenvalue weighted by molar-refractivity contribution is -0.143. The summed E-state index contributed by atoms with van der Waals surface area (Å²) in [5.74, 6) is 11.8. The van der Waals surface area contributed by atoms with Gasteiger partial charge < -0.3 is 4.90 Å². The van der Waals surface area contributed by atoms with Gasteiger partial charge in [0.15, 0.2) is 0 Å². The highest BCUT2D eigenvalue weighted by atomic mass is 16.2. The van der Waals surface area contributed by atoms with Crippen molar-refractivity contribution in [1.82, 2.24) is 19.8 Å². The zero-order valence-electron chi connectivity index (χ0n) is 12.1. The largest absolute Gasteiger partial charge is 0.340 e. The molecule has 3 heterocycles. The summed E-state index contributed by atoms with van der Waals surface area (Å²) >= 11 is 0. The number of rotatable bonds is 2. The molecule has 3 saturated heterocycles. The second-order valence-corrected chi connectivity index (χ2v) is 6.28. The van der Waals surface area contributed by atoms with E-state index in [1.54, 1.807) is 5.01 Å². The molecule has 3 aliphatic rings. The minimum atomic E-state index is 0.132. The van der Waals surface area contributed by atoms with Crippen LogP contribution in [0.2, 0.25) is 0 Å². The Kier molecular flexibility index (Phi) is 4.23. The molecule has 0 radical (unpaired) electrons. The van der Waals surface area contributed by atoms with E-state index in [1.807, 2.05) is 9.91 Å². The average Bonchev–Trinajstić information content (AvgIpc) is 2.44. The van der Waals surface area contributed by atoms with Gasteiger partial charge in [-0.15, -0.1) is 0 Å². The first-order chi connectivity index (χ1) is 9.63. The zero-order chi connectivity index (χ0) is 14.1. The molecule has 3 fully saturated rings. The van der Waals surface area contributed by atoms with Crippen LogP contribution in [0.5, 0.6) is 0 Å². The van der Waals surface area contributed by atoms with Gasteiger partial charge in [-0.1, -0.05) is 0 Å². The van der Waals surface area contributed by atoms with Crippen molar-refractivity contribution in [2.75, 3.05) is 52.4 Å². The number of carbonyl (C=O) groups is 1. The molecule has 0 spiro atoms. The Hall–Kier alpha value is -0.730. The fraction of sp³-hybridized carbons (Fsp3) is 0.923.